The van der Waals surface area contributed by atoms with E-state index >= 15 is 0 Å². The fraction of sp³-hybridized carbons (Fsp3) is 0.429. The number of halogens is 2. The maximum atomic E-state index is 6.45. The van der Waals surface area contributed by atoms with E-state index in [2.05, 4.69) is 31.4 Å². The second-order valence-corrected chi connectivity index (χ2v) is 5.90. The van der Waals surface area contributed by atoms with Crippen molar-refractivity contribution in [3.05, 3.63) is 44.9 Å². The van der Waals surface area contributed by atoms with E-state index in [0.29, 0.717) is 6.42 Å². The third-order valence-electron chi connectivity index (χ3n) is 3.41. The van der Waals surface area contributed by atoms with Crippen molar-refractivity contribution < 1.29 is 0 Å². The first-order valence-electron chi connectivity index (χ1n) is 6.92. The molecule has 0 spiro atoms. The molecule has 2 rings (SSSR count). The molecule has 3 N–H and O–H groups in total. The molecule has 5 nitrogen and oxygen atoms in total. The Morgan fingerprint density at radius 3 is 2.81 bits per heavy atom. The first-order valence-corrected chi connectivity index (χ1v) is 8.10. The van der Waals surface area contributed by atoms with Crippen LogP contribution in [0.1, 0.15) is 37.0 Å². The minimum absolute atomic E-state index is 0.134. The van der Waals surface area contributed by atoms with Gasteiger partial charge in [0.1, 0.15) is 0 Å². The standard InChI is InChI=1S/C14H19BrClN5/c1-3-10-13(16)12(21(4-2)20-10)8-11(19-17)14-9(15)6-5-7-18-14/h5-7,11,19H,3-4,8,17H2,1-2H3. The van der Waals surface area contributed by atoms with Gasteiger partial charge in [0, 0.05) is 23.6 Å². The molecule has 2 aromatic heterocycles. The topological polar surface area (TPSA) is 68.8 Å². The van der Waals surface area contributed by atoms with E-state index < -0.39 is 0 Å². The molecule has 0 aliphatic rings. The Bertz CT molecular complexity index is 613. The van der Waals surface area contributed by atoms with Gasteiger partial charge in [0.25, 0.3) is 0 Å². The summed E-state index contributed by atoms with van der Waals surface area (Å²) in [6.07, 6.45) is 3.19. The molecule has 0 fully saturated rings. The Balaban J connectivity index is 2.35. The molecule has 0 saturated carbocycles. The minimum Gasteiger partial charge on any atom is -0.271 e. The summed E-state index contributed by atoms with van der Waals surface area (Å²) in [5.41, 5.74) is 5.58. The van der Waals surface area contributed by atoms with Gasteiger partial charge >= 0.3 is 0 Å². The highest BCUT2D eigenvalue weighted by Crippen LogP contribution is 2.28. The first-order chi connectivity index (χ1) is 10.1. The molecule has 0 saturated heterocycles. The lowest BCUT2D eigenvalue weighted by Gasteiger charge is -2.17. The number of pyridine rings is 1. The molecule has 7 heteroatoms. The van der Waals surface area contributed by atoms with Crippen LogP contribution in [0.4, 0.5) is 0 Å². The fourth-order valence-electron chi connectivity index (χ4n) is 2.29. The average molecular weight is 373 g/mol. The molecule has 0 aromatic carbocycles. The van der Waals surface area contributed by atoms with Gasteiger partial charge in [0.15, 0.2) is 0 Å². The molecule has 0 amide bonds. The van der Waals surface area contributed by atoms with Gasteiger partial charge in [-0.05, 0) is 41.4 Å². The van der Waals surface area contributed by atoms with Gasteiger partial charge in [-0.2, -0.15) is 5.10 Å². The zero-order valence-corrected chi connectivity index (χ0v) is 14.4. The Hall–Kier alpha value is -0.950. The molecule has 1 unspecified atom stereocenters. The lowest BCUT2D eigenvalue weighted by molar-refractivity contribution is 0.505. The van der Waals surface area contributed by atoms with E-state index in [1.165, 1.54) is 0 Å². The second kappa shape index (κ2) is 7.35. The zero-order valence-electron chi connectivity index (χ0n) is 12.1. The van der Waals surface area contributed by atoms with Crippen LogP contribution >= 0.6 is 27.5 Å². The zero-order chi connectivity index (χ0) is 15.4. The Kier molecular flexibility index (Phi) is 5.75. The van der Waals surface area contributed by atoms with Crippen molar-refractivity contribution in [2.24, 2.45) is 5.84 Å². The van der Waals surface area contributed by atoms with Gasteiger partial charge in [-0.25, -0.2) is 0 Å². The van der Waals surface area contributed by atoms with Crippen LogP contribution in [0.5, 0.6) is 0 Å². The second-order valence-electron chi connectivity index (χ2n) is 4.67. The van der Waals surface area contributed by atoms with E-state index in [9.17, 15) is 0 Å². The molecule has 2 heterocycles. The van der Waals surface area contributed by atoms with Crippen molar-refractivity contribution in [2.75, 3.05) is 0 Å². The monoisotopic (exact) mass is 371 g/mol. The first kappa shape index (κ1) is 16.4. The summed E-state index contributed by atoms with van der Waals surface area (Å²) in [5, 5.41) is 5.26. The normalized spacial score (nSPS) is 12.6. The molecular weight excluding hydrogens is 354 g/mol. The third-order valence-corrected chi connectivity index (χ3v) is 4.52. The van der Waals surface area contributed by atoms with Crippen LogP contribution in [-0.2, 0) is 19.4 Å². The van der Waals surface area contributed by atoms with Crippen LogP contribution in [0, 0.1) is 0 Å². The van der Waals surface area contributed by atoms with Gasteiger partial charge in [0.05, 0.1) is 28.1 Å². The molecule has 0 aliphatic heterocycles. The predicted octanol–water partition coefficient (Wildman–Crippen LogP) is 3.02. The molecule has 21 heavy (non-hydrogen) atoms. The van der Waals surface area contributed by atoms with Gasteiger partial charge < -0.3 is 0 Å². The number of hydrazine groups is 1. The Morgan fingerprint density at radius 2 is 2.24 bits per heavy atom. The summed E-state index contributed by atoms with van der Waals surface area (Å²) in [4.78, 5) is 4.40. The molecule has 114 valence electrons. The average Bonchev–Trinajstić information content (AvgIpc) is 2.81. The smallest absolute Gasteiger partial charge is 0.0850 e. The summed E-state index contributed by atoms with van der Waals surface area (Å²) in [7, 11) is 0. The van der Waals surface area contributed by atoms with Crippen molar-refractivity contribution in [1.82, 2.24) is 20.2 Å². The number of hydrogen-bond donors (Lipinski definition) is 2. The summed E-state index contributed by atoms with van der Waals surface area (Å²) >= 11 is 9.96. The maximum Gasteiger partial charge on any atom is 0.0850 e. The van der Waals surface area contributed by atoms with Crippen LogP contribution in [-0.4, -0.2) is 14.8 Å². The summed E-state index contributed by atoms with van der Waals surface area (Å²) in [6.45, 7) is 4.87. The molecule has 0 bridgehead atoms. The lowest BCUT2D eigenvalue weighted by atomic mass is 10.1. The van der Waals surface area contributed by atoms with E-state index in [0.717, 1.165) is 39.5 Å². The maximum absolute atomic E-state index is 6.45. The molecule has 0 aliphatic carbocycles. The van der Waals surface area contributed by atoms with Crippen LogP contribution in [0.25, 0.3) is 0 Å². The van der Waals surface area contributed by atoms with Crippen LogP contribution in [0.2, 0.25) is 5.02 Å². The molecule has 2 aromatic rings. The molecule has 0 radical (unpaired) electrons. The van der Waals surface area contributed by atoms with E-state index in [-0.39, 0.29) is 6.04 Å². The number of rotatable bonds is 6. The SMILES string of the molecule is CCc1nn(CC)c(CC(NN)c2ncccc2Br)c1Cl. The molecular formula is C14H19BrClN5. The quantitative estimate of drug-likeness (QED) is 0.604. The number of hydrogen-bond acceptors (Lipinski definition) is 4. The molecule has 1 atom stereocenters. The van der Waals surface area contributed by atoms with E-state index in [1.807, 2.05) is 30.7 Å². The van der Waals surface area contributed by atoms with Crippen LogP contribution in [0.3, 0.4) is 0 Å². The highest BCUT2D eigenvalue weighted by atomic mass is 79.9. The van der Waals surface area contributed by atoms with Crippen molar-refractivity contribution in [3.63, 3.8) is 0 Å². The van der Waals surface area contributed by atoms with Crippen LogP contribution in [0.15, 0.2) is 22.8 Å². The summed E-state index contributed by atoms with van der Waals surface area (Å²) in [6, 6.07) is 3.69. The van der Waals surface area contributed by atoms with Crippen LogP contribution < -0.4 is 11.3 Å². The predicted molar refractivity (Wildman–Crippen MR) is 88.0 cm³/mol. The minimum atomic E-state index is -0.134. The largest absolute Gasteiger partial charge is 0.271 e. The van der Waals surface area contributed by atoms with Crippen molar-refractivity contribution in [3.8, 4) is 0 Å². The third kappa shape index (κ3) is 3.45. The van der Waals surface area contributed by atoms with Gasteiger partial charge in [-0.3, -0.25) is 20.9 Å². The highest BCUT2D eigenvalue weighted by Gasteiger charge is 2.21. The van der Waals surface area contributed by atoms with Crippen molar-refractivity contribution >= 4 is 27.5 Å². The Morgan fingerprint density at radius 1 is 1.48 bits per heavy atom. The highest BCUT2D eigenvalue weighted by molar-refractivity contribution is 9.10. The Labute approximate surface area is 138 Å². The van der Waals surface area contributed by atoms with E-state index in [4.69, 9.17) is 17.4 Å². The number of nitrogens with one attached hydrogen (secondary N) is 1. The number of nitrogens with two attached hydrogens (primary N) is 1. The van der Waals surface area contributed by atoms with Gasteiger partial charge in [-0.15, -0.1) is 0 Å². The van der Waals surface area contributed by atoms with Crippen molar-refractivity contribution in [2.45, 2.75) is 39.3 Å². The van der Waals surface area contributed by atoms with E-state index in [1.54, 1.807) is 6.20 Å². The van der Waals surface area contributed by atoms with Gasteiger partial charge in [0.2, 0.25) is 0 Å². The summed E-state index contributed by atoms with van der Waals surface area (Å²) in [5.74, 6) is 5.72. The lowest BCUT2D eigenvalue weighted by Crippen LogP contribution is -2.31. The number of nitrogens with zero attached hydrogens (tertiary/aromatic N) is 3. The number of aromatic nitrogens is 3. The van der Waals surface area contributed by atoms with Gasteiger partial charge in [-0.1, -0.05) is 18.5 Å². The number of aryl methyl sites for hydroxylation is 2. The fourth-order valence-corrected chi connectivity index (χ4v) is 3.17. The summed E-state index contributed by atoms with van der Waals surface area (Å²) < 4.78 is 2.85. The van der Waals surface area contributed by atoms with Crippen molar-refractivity contribution in [1.29, 1.82) is 0 Å².